The molecule has 0 radical (unpaired) electrons. The number of nitrogens with zero attached hydrogens (tertiary/aromatic N) is 1. The number of alkyl halides is 3. The maximum Gasteiger partial charge on any atom is 0.446 e. The van der Waals surface area contributed by atoms with E-state index < -0.39 is 23.2 Å². The number of esters is 1. The van der Waals surface area contributed by atoms with Gasteiger partial charge in [0.25, 0.3) is 0 Å². The van der Waals surface area contributed by atoms with Gasteiger partial charge in [0, 0.05) is 4.90 Å². The number of benzene rings is 1. The quantitative estimate of drug-likeness (QED) is 0.622. The zero-order valence-electron chi connectivity index (χ0n) is 10.3. The van der Waals surface area contributed by atoms with Crippen LogP contribution in [0.3, 0.4) is 0 Å². The number of hydrogen-bond donors (Lipinski definition) is 0. The number of carbonyl (C=O) groups is 1. The van der Waals surface area contributed by atoms with Crippen molar-refractivity contribution in [1.82, 2.24) is 0 Å². The molecule has 0 amide bonds. The van der Waals surface area contributed by atoms with Gasteiger partial charge in [0.05, 0.1) is 23.6 Å². The molecule has 0 fully saturated rings. The normalized spacial score (nSPS) is 11.0. The van der Waals surface area contributed by atoms with E-state index in [1.54, 1.807) is 13.0 Å². The monoisotopic (exact) mass is 323 g/mol. The summed E-state index contributed by atoms with van der Waals surface area (Å²) >= 11 is 5.33. The van der Waals surface area contributed by atoms with Crippen molar-refractivity contribution in [2.24, 2.45) is 0 Å². The molecule has 0 saturated heterocycles. The van der Waals surface area contributed by atoms with Crippen molar-refractivity contribution >= 4 is 29.3 Å². The zero-order valence-corrected chi connectivity index (χ0v) is 11.8. The number of nitriles is 1. The standard InChI is InChI=1S/C12H9ClF3NO2S/c1-2-19-11(18)5-7-3-9(13)8(6-17)10(4-7)20-12(14,15)16/h3-4H,2,5H2,1H3. The number of carbonyl (C=O) groups excluding carboxylic acids is 1. The summed E-state index contributed by atoms with van der Waals surface area (Å²) in [5.74, 6) is -0.573. The molecule has 1 aromatic rings. The van der Waals surface area contributed by atoms with Gasteiger partial charge in [-0.3, -0.25) is 4.79 Å². The van der Waals surface area contributed by atoms with Gasteiger partial charge in [0.2, 0.25) is 0 Å². The SMILES string of the molecule is CCOC(=O)Cc1cc(Cl)c(C#N)c(SC(F)(F)F)c1. The number of thioether (sulfide) groups is 1. The number of halogens is 4. The van der Waals surface area contributed by atoms with Crippen molar-refractivity contribution < 1.29 is 22.7 Å². The fraction of sp³-hybridized carbons (Fsp3) is 0.333. The molecule has 0 unspecified atom stereocenters. The van der Waals surface area contributed by atoms with E-state index in [0.29, 0.717) is 0 Å². The Labute approximate surface area is 122 Å². The van der Waals surface area contributed by atoms with E-state index in [4.69, 9.17) is 21.6 Å². The summed E-state index contributed by atoms with van der Waals surface area (Å²) in [6.07, 6.45) is -0.204. The summed E-state index contributed by atoms with van der Waals surface area (Å²) in [7, 11) is 0. The molecule has 0 N–H and O–H groups in total. The molecule has 0 bridgehead atoms. The van der Waals surface area contributed by atoms with E-state index in [9.17, 15) is 18.0 Å². The highest BCUT2D eigenvalue weighted by molar-refractivity contribution is 8.00. The molecule has 1 aromatic carbocycles. The van der Waals surface area contributed by atoms with E-state index in [-0.39, 0.29) is 34.1 Å². The molecule has 0 atom stereocenters. The summed E-state index contributed by atoms with van der Waals surface area (Å²) < 4.78 is 42.0. The molecular formula is C12H9ClF3NO2S. The average Bonchev–Trinajstić information content (AvgIpc) is 2.26. The lowest BCUT2D eigenvalue weighted by Gasteiger charge is -2.10. The van der Waals surface area contributed by atoms with E-state index in [2.05, 4.69) is 0 Å². The first kappa shape index (κ1) is 16.7. The molecule has 0 aliphatic rings. The largest absolute Gasteiger partial charge is 0.466 e. The van der Waals surface area contributed by atoms with Gasteiger partial charge in [-0.05, 0) is 36.4 Å². The Morgan fingerprint density at radius 3 is 2.65 bits per heavy atom. The maximum absolute atomic E-state index is 12.4. The van der Waals surface area contributed by atoms with Crippen molar-refractivity contribution in [3.8, 4) is 6.07 Å². The molecule has 0 saturated carbocycles. The van der Waals surface area contributed by atoms with Crippen LogP contribution >= 0.6 is 23.4 Å². The van der Waals surface area contributed by atoms with Crippen LogP contribution in [0.1, 0.15) is 18.1 Å². The summed E-state index contributed by atoms with van der Waals surface area (Å²) in [4.78, 5) is 11.0. The lowest BCUT2D eigenvalue weighted by Crippen LogP contribution is -2.08. The summed E-state index contributed by atoms with van der Waals surface area (Å²) in [6, 6.07) is 4.04. The molecular weight excluding hydrogens is 315 g/mol. The average molecular weight is 324 g/mol. The van der Waals surface area contributed by atoms with Gasteiger partial charge in [-0.2, -0.15) is 18.4 Å². The highest BCUT2D eigenvalue weighted by Crippen LogP contribution is 2.40. The third-order valence-corrected chi connectivity index (χ3v) is 3.18. The second kappa shape index (κ2) is 6.86. The van der Waals surface area contributed by atoms with Crippen molar-refractivity contribution in [3.63, 3.8) is 0 Å². The fourth-order valence-corrected chi connectivity index (χ4v) is 2.49. The lowest BCUT2D eigenvalue weighted by atomic mass is 10.1. The van der Waals surface area contributed by atoms with Crippen LogP contribution in [0, 0.1) is 11.3 Å². The number of rotatable bonds is 4. The molecule has 3 nitrogen and oxygen atoms in total. The van der Waals surface area contributed by atoms with Crippen LogP contribution in [0.4, 0.5) is 13.2 Å². The third kappa shape index (κ3) is 4.94. The first-order valence-electron chi connectivity index (χ1n) is 5.40. The zero-order chi connectivity index (χ0) is 15.3. The highest BCUT2D eigenvalue weighted by atomic mass is 35.5. The molecule has 1 rings (SSSR count). The Balaban J connectivity index is 3.12. The van der Waals surface area contributed by atoms with Crippen molar-refractivity contribution in [2.75, 3.05) is 6.61 Å². The Kier molecular flexibility index (Phi) is 5.72. The fourth-order valence-electron chi connectivity index (χ4n) is 1.43. The second-order valence-electron chi connectivity index (χ2n) is 3.59. The molecule has 108 valence electrons. The summed E-state index contributed by atoms with van der Waals surface area (Å²) in [5, 5.41) is 8.72. The molecule has 0 aliphatic carbocycles. The smallest absolute Gasteiger partial charge is 0.446 e. The summed E-state index contributed by atoms with van der Waals surface area (Å²) in [5.41, 5.74) is -4.54. The van der Waals surface area contributed by atoms with Gasteiger partial charge >= 0.3 is 11.5 Å². The second-order valence-corrected chi connectivity index (χ2v) is 5.11. The number of hydrogen-bond acceptors (Lipinski definition) is 4. The van der Waals surface area contributed by atoms with E-state index >= 15 is 0 Å². The van der Waals surface area contributed by atoms with Crippen molar-refractivity contribution in [2.45, 2.75) is 23.7 Å². The predicted molar refractivity (Wildman–Crippen MR) is 68.4 cm³/mol. The molecule has 0 aromatic heterocycles. The molecule has 8 heteroatoms. The Morgan fingerprint density at radius 1 is 1.50 bits per heavy atom. The third-order valence-electron chi connectivity index (χ3n) is 2.11. The van der Waals surface area contributed by atoms with Gasteiger partial charge in [-0.1, -0.05) is 11.6 Å². The van der Waals surface area contributed by atoms with E-state index in [0.717, 1.165) is 6.07 Å². The van der Waals surface area contributed by atoms with Crippen molar-refractivity contribution in [1.29, 1.82) is 5.26 Å². The van der Waals surface area contributed by atoms with Crippen LogP contribution in [0.15, 0.2) is 17.0 Å². The van der Waals surface area contributed by atoms with Crippen LogP contribution in [0.2, 0.25) is 5.02 Å². The molecule has 0 aliphatic heterocycles. The van der Waals surface area contributed by atoms with Crippen LogP contribution in [0.25, 0.3) is 0 Å². The number of ether oxygens (including phenoxy) is 1. The van der Waals surface area contributed by atoms with Crippen LogP contribution in [0.5, 0.6) is 0 Å². The predicted octanol–water partition coefficient (Wildman–Crippen LogP) is 3.93. The minimum absolute atomic E-state index is 0.124. The maximum atomic E-state index is 12.4. The van der Waals surface area contributed by atoms with Crippen LogP contribution in [-0.2, 0) is 16.0 Å². The molecule has 20 heavy (non-hydrogen) atoms. The first-order chi connectivity index (χ1) is 9.26. The van der Waals surface area contributed by atoms with Crippen molar-refractivity contribution in [3.05, 3.63) is 28.3 Å². The van der Waals surface area contributed by atoms with Crippen LogP contribution in [-0.4, -0.2) is 18.1 Å². The van der Waals surface area contributed by atoms with E-state index in [1.807, 2.05) is 0 Å². The van der Waals surface area contributed by atoms with E-state index in [1.165, 1.54) is 6.07 Å². The Hall–Kier alpha value is -1.39. The first-order valence-corrected chi connectivity index (χ1v) is 6.60. The van der Waals surface area contributed by atoms with Crippen LogP contribution < -0.4 is 0 Å². The topological polar surface area (TPSA) is 50.1 Å². The minimum atomic E-state index is -4.54. The van der Waals surface area contributed by atoms with Gasteiger partial charge < -0.3 is 4.74 Å². The molecule has 0 spiro atoms. The van der Waals surface area contributed by atoms with Gasteiger partial charge in [-0.25, -0.2) is 0 Å². The van der Waals surface area contributed by atoms with Gasteiger partial charge in [0.1, 0.15) is 6.07 Å². The highest BCUT2D eigenvalue weighted by Gasteiger charge is 2.31. The lowest BCUT2D eigenvalue weighted by molar-refractivity contribution is -0.142. The summed E-state index contributed by atoms with van der Waals surface area (Å²) in [6.45, 7) is 1.79. The molecule has 0 heterocycles. The Morgan fingerprint density at radius 2 is 2.15 bits per heavy atom. The van der Waals surface area contributed by atoms with Gasteiger partial charge in [-0.15, -0.1) is 0 Å². The van der Waals surface area contributed by atoms with Gasteiger partial charge in [0.15, 0.2) is 0 Å². The minimum Gasteiger partial charge on any atom is -0.466 e. The Bertz CT molecular complexity index is 555.